The van der Waals surface area contributed by atoms with Crippen LogP contribution in [0.4, 0.5) is 5.82 Å². The number of anilines is 1. The first-order chi connectivity index (χ1) is 15.9. The number of pyridine rings is 1. The smallest absolute Gasteiger partial charge is 0.212 e. The number of aromatic nitrogens is 4. The number of aryl methyl sites for hydroxylation is 2. The van der Waals surface area contributed by atoms with E-state index in [1.54, 1.807) is 55.0 Å². The molecule has 164 valence electrons. The van der Waals surface area contributed by atoms with E-state index in [0.29, 0.717) is 11.0 Å². The number of fused-ring (bicyclic) bond motifs is 2. The molecular weight excluding hydrogens is 436 g/mol. The molecule has 0 spiro atoms. The van der Waals surface area contributed by atoms with Gasteiger partial charge in [0, 0.05) is 18.0 Å². The summed E-state index contributed by atoms with van der Waals surface area (Å²) in [5, 5.41) is 4.43. The van der Waals surface area contributed by atoms with Crippen molar-refractivity contribution in [2.75, 3.05) is 5.73 Å². The number of para-hydroxylation sites is 2. The Morgan fingerprint density at radius 3 is 2.42 bits per heavy atom. The summed E-state index contributed by atoms with van der Waals surface area (Å²) in [4.78, 5) is 13.4. The lowest BCUT2D eigenvalue weighted by molar-refractivity contribution is 0.597. The van der Waals surface area contributed by atoms with Crippen molar-refractivity contribution in [3.8, 4) is 0 Å². The van der Waals surface area contributed by atoms with Crippen LogP contribution < -0.4 is 5.73 Å². The molecular formula is C24H20N6O2S. The second kappa shape index (κ2) is 7.79. The molecule has 0 saturated heterocycles. The molecule has 3 heterocycles. The number of hydrogen-bond donors (Lipinski definition) is 1. The van der Waals surface area contributed by atoms with Crippen LogP contribution >= 0.6 is 0 Å². The van der Waals surface area contributed by atoms with Gasteiger partial charge < -0.3 is 5.73 Å². The van der Waals surface area contributed by atoms with E-state index in [4.69, 9.17) is 5.73 Å². The lowest BCUT2D eigenvalue weighted by Crippen LogP contribution is -2.07. The van der Waals surface area contributed by atoms with Gasteiger partial charge in [-0.15, -0.1) is 0 Å². The van der Waals surface area contributed by atoms with E-state index in [1.165, 1.54) is 4.68 Å². The number of rotatable bonds is 4. The first-order valence-corrected chi connectivity index (χ1v) is 11.7. The number of benzene rings is 2. The Morgan fingerprint density at radius 2 is 1.73 bits per heavy atom. The molecule has 9 heteroatoms. The Morgan fingerprint density at radius 1 is 0.970 bits per heavy atom. The molecule has 8 nitrogen and oxygen atoms in total. The molecule has 0 saturated carbocycles. The first kappa shape index (κ1) is 20.8. The van der Waals surface area contributed by atoms with Crippen LogP contribution in [0.5, 0.6) is 0 Å². The van der Waals surface area contributed by atoms with Gasteiger partial charge in [-0.05, 0) is 55.3 Å². The third kappa shape index (κ3) is 3.52. The van der Waals surface area contributed by atoms with Crippen LogP contribution in [0.2, 0.25) is 0 Å². The van der Waals surface area contributed by atoms with Gasteiger partial charge in [-0.1, -0.05) is 24.3 Å². The van der Waals surface area contributed by atoms with E-state index < -0.39 is 9.84 Å². The number of nitrogens with zero attached hydrogens (tertiary/aromatic N) is 5. The van der Waals surface area contributed by atoms with Gasteiger partial charge in [0.1, 0.15) is 16.2 Å². The van der Waals surface area contributed by atoms with E-state index >= 15 is 0 Å². The summed E-state index contributed by atoms with van der Waals surface area (Å²) in [5.74, 6) is -0.0568. The Balaban J connectivity index is 1.81. The molecule has 3 aromatic heterocycles. The normalized spacial score (nSPS) is 12.2. The summed E-state index contributed by atoms with van der Waals surface area (Å²) < 4.78 is 28.8. The molecule has 0 aliphatic carbocycles. The number of sulfone groups is 1. The Hall–Kier alpha value is -4.11. The second-order valence-corrected chi connectivity index (χ2v) is 9.58. The number of hydrogen-bond acceptors (Lipinski definition) is 7. The molecule has 0 bridgehead atoms. The minimum atomic E-state index is -4.00. The molecule has 33 heavy (non-hydrogen) atoms. The minimum absolute atomic E-state index is 0.0568. The minimum Gasteiger partial charge on any atom is -0.382 e. The molecule has 0 unspecified atom stereocenters. The van der Waals surface area contributed by atoms with E-state index in [-0.39, 0.29) is 26.8 Å². The molecule has 0 aliphatic heterocycles. The molecule has 5 rings (SSSR count). The van der Waals surface area contributed by atoms with Crippen LogP contribution in [0.25, 0.3) is 22.2 Å². The maximum atomic E-state index is 13.7. The predicted molar refractivity (Wildman–Crippen MR) is 128 cm³/mol. The third-order valence-corrected chi connectivity index (χ3v) is 7.31. The number of nitrogen functional groups attached to an aromatic ring is 1. The Bertz CT molecular complexity index is 1660. The van der Waals surface area contributed by atoms with Crippen molar-refractivity contribution in [2.45, 2.75) is 23.6 Å². The Labute approximate surface area is 190 Å². The first-order valence-electron chi connectivity index (χ1n) is 10.2. The standard InChI is InChI=1S/C24H20N6O2S/c1-15-9-10-18(12-16(15)2)33(31,32)22-21-24(29-20-8-4-3-7-19(20)28-21)30(23(22)25)27-14-17-6-5-11-26-13-17/h3-14H,25H2,1-2H3. The summed E-state index contributed by atoms with van der Waals surface area (Å²) in [7, 11) is -4.00. The van der Waals surface area contributed by atoms with Crippen LogP contribution in [-0.4, -0.2) is 34.3 Å². The highest BCUT2D eigenvalue weighted by Crippen LogP contribution is 2.35. The van der Waals surface area contributed by atoms with Crippen LogP contribution in [0.1, 0.15) is 16.7 Å². The fourth-order valence-corrected chi connectivity index (χ4v) is 5.15. The van der Waals surface area contributed by atoms with Gasteiger partial charge in [0.05, 0.1) is 22.1 Å². The second-order valence-electron chi connectivity index (χ2n) is 7.69. The quantitative estimate of drug-likeness (QED) is 0.410. The topological polar surface area (TPSA) is 116 Å². The van der Waals surface area contributed by atoms with Gasteiger partial charge in [-0.3, -0.25) is 4.98 Å². The largest absolute Gasteiger partial charge is 0.382 e. The van der Waals surface area contributed by atoms with Gasteiger partial charge in [-0.25, -0.2) is 18.4 Å². The molecule has 0 fully saturated rings. The van der Waals surface area contributed by atoms with E-state index in [2.05, 4.69) is 20.1 Å². The van der Waals surface area contributed by atoms with Crippen molar-refractivity contribution in [3.63, 3.8) is 0 Å². The predicted octanol–water partition coefficient (Wildman–Crippen LogP) is 3.89. The zero-order valence-electron chi connectivity index (χ0n) is 18.0. The highest BCUT2D eigenvalue weighted by molar-refractivity contribution is 7.92. The lowest BCUT2D eigenvalue weighted by Gasteiger charge is -2.07. The summed E-state index contributed by atoms with van der Waals surface area (Å²) in [6.07, 6.45) is 4.84. The monoisotopic (exact) mass is 456 g/mol. The van der Waals surface area contributed by atoms with Crippen molar-refractivity contribution in [3.05, 3.63) is 83.7 Å². The highest BCUT2D eigenvalue weighted by atomic mass is 32.2. The summed E-state index contributed by atoms with van der Waals surface area (Å²) in [6, 6.07) is 15.8. The van der Waals surface area contributed by atoms with Crippen molar-refractivity contribution < 1.29 is 8.42 Å². The van der Waals surface area contributed by atoms with Crippen LogP contribution in [0, 0.1) is 13.8 Å². The molecule has 5 aromatic rings. The average molecular weight is 457 g/mol. The van der Waals surface area contributed by atoms with Crippen molar-refractivity contribution in [1.82, 2.24) is 19.6 Å². The van der Waals surface area contributed by atoms with E-state index in [0.717, 1.165) is 16.7 Å². The molecule has 0 amide bonds. The van der Waals surface area contributed by atoms with E-state index in [1.807, 2.05) is 32.0 Å². The van der Waals surface area contributed by atoms with Gasteiger partial charge in [-0.2, -0.15) is 9.78 Å². The van der Waals surface area contributed by atoms with Crippen LogP contribution in [0.15, 0.2) is 81.9 Å². The summed E-state index contributed by atoms with van der Waals surface area (Å²) in [5.41, 5.74) is 10.6. The van der Waals surface area contributed by atoms with Crippen LogP contribution in [0.3, 0.4) is 0 Å². The van der Waals surface area contributed by atoms with Gasteiger partial charge in [0.15, 0.2) is 5.65 Å². The third-order valence-electron chi connectivity index (χ3n) is 5.49. The molecule has 0 radical (unpaired) electrons. The lowest BCUT2D eigenvalue weighted by atomic mass is 10.1. The zero-order valence-corrected chi connectivity index (χ0v) is 18.8. The van der Waals surface area contributed by atoms with Gasteiger partial charge in [0.2, 0.25) is 9.84 Å². The van der Waals surface area contributed by atoms with Crippen molar-refractivity contribution in [1.29, 1.82) is 0 Å². The SMILES string of the molecule is Cc1ccc(S(=O)(=O)c2c(N)n(N=Cc3cccnc3)c3nc4ccccc4nc23)cc1C. The van der Waals surface area contributed by atoms with Crippen molar-refractivity contribution in [2.24, 2.45) is 5.10 Å². The van der Waals surface area contributed by atoms with Crippen molar-refractivity contribution >= 4 is 44.1 Å². The maximum Gasteiger partial charge on any atom is 0.212 e. The fraction of sp³-hybridized carbons (Fsp3) is 0.0833. The zero-order chi connectivity index (χ0) is 23.2. The Kier molecular flexibility index (Phi) is 4.90. The number of nitrogens with two attached hydrogens (primary N) is 1. The van der Waals surface area contributed by atoms with Gasteiger partial charge in [0.25, 0.3) is 0 Å². The molecule has 2 aromatic carbocycles. The average Bonchev–Trinajstić information content (AvgIpc) is 3.09. The summed E-state index contributed by atoms with van der Waals surface area (Å²) >= 11 is 0. The van der Waals surface area contributed by atoms with E-state index in [9.17, 15) is 8.42 Å². The van der Waals surface area contributed by atoms with Gasteiger partial charge >= 0.3 is 0 Å². The summed E-state index contributed by atoms with van der Waals surface area (Å²) in [6.45, 7) is 3.79. The molecule has 2 N–H and O–H groups in total. The van der Waals surface area contributed by atoms with Crippen LogP contribution in [-0.2, 0) is 9.84 Å². The fourth-order valence-electron chi connectivity index (χ4n) is 3.58. The molecule has 0 atom stereocenters. The molecule has 0 aliphatic rings. The highest BCUT2D eigenvalue weighted by Gasteiger charge is 2.30. The maximum absolute atomic E-state index is 13.7.